The predicted molar refractivity (Wildman–Crippen MR) is 155 cm³/mol. The zero-order valence-electron chi connectivity index (χ0n) is 21.0. The van der Waals surface area contributed by atoms with Crippen LogP contribution in [0.1, 0.15) is 24.1 Å². The lowest BCUT2D eigenvalue weighted by Crippen LogP contribution is -2.25. The Morgan fingerprint density at radius 2 is 1.87 bits per heavy atom. The highest BCUT2D eigenvalue weighted by Gasteiger charge is 2.27. The largest absolute Gasteiger partial charge is 0.492 e. The van der Waals surface area contributed by atoms with E-state index in [1.165, 1.54) is 31.0 Å². The average molecular weight is 563 g/mol. The predicted octanol–water partition coefficient (Wildman–Crippen LogP) is 5.59. The second-order valence-corrected chi connectivity index (χ2v) is 11.8. The Balaban J connectivity index is 1.24. The summed E-state index contributed by atoms with van der Waals surface area (Å²) in [6.45, 7) is 3.84. The summed E-state index contributed by atoms with van der Waals surface area (Å²) >= 11 is 5.99. The van der Waals surface area contributed by atoms with Crippen molar-refractivity contribution in [3.05, 3.63) is 83.0 Å². The van der Waals surface area contributed by atoms with Crippen molar-refractivity contribution in [2.45, 2.75) is 17.7 Å². The van der Waals surface area contributed by atoms with Gasteiger partial charge >= 0.3 is 0 Å². The fourth-order valence-corrected chi connectivity index (χ4v) is 6.26. The third-order valence-corrected chi connectivity index (χ3v) is 8.56. The summed E-state index contributed by atoms with van der Waals surface area (Å²) in [5.74, 6) is 0.498. The van der Waals surface area contributed by atoms with E-state index < -0.39 is 10.0 Å². The van der Waals surface area contributed by atoms with Crippen molar-refractivity contribution in [2.75, 3.05) is 36.3 Å². The maximum atomic E-state index is 13.1. The molecule has 6 rings (SSSR count). The van der Waals surface area contributed by atoms with E-state index in [1.54, 1.807) is 30.3 Å². The molecule has 0 bridgehead atoms. The number of benzene rings is 3. The van der Waals surface area contributed by atoms with Gasteiger partial charge < -0.3 is 15.0 Å². The number of nitrogens with zero attached hydrogens (tertiary/aromatic N) is 1. The van der Waals surface area contributed by atoms with Gasteiger partial charge in [-0.15, -0.1) is 0 Å². The van der Waals surface area contributed by atoms with Gasteiger partial charge in [0.2, 0.25) is 0 Å². The van der Waals surface area contributed by atoms with Crippen LogP contribution in [-0.2, 0) is 14.8 Å². The maximum Gasteiger partial charge on any atom is 0.261 e. The van der Waals surface area contributed by atoms with E-state index in [2.05, 4.69) is 19.9 Å². The molecule has 1 amide bonds. The fourth-order valence-electron chi connectivity index (χ4n) is 5.00. The Hall–Kier alpha value is -3.79. The molecule has 1 fully saturated rings. The molecule has 0 spiro atoms. The average Bonchev–Trinajstić information content (AvgIpc) is 3.63. The van der Waals surface area contributed by atoms with Crippen molar-refractivity contribution in [1.29, 1.82) is 0 Å². The molecular formula is C29H27ClN4O4S. The first-order valence-corrected chi connectivity index (χ1v) is 14.6. The molecule has 1 saturated heterocycles. The Morgan fingerprint density at radius 1 is 1.03 bits per heavy atom. The van der Waals surface area contributed by atoms with Crippen molar-refractivity contribution in [3.8, 4) is 5.75 Å². The molecule has 1 aromatic heterocycles. The van der Waals surface area contributed by atoms with E-state index in [-0.39, 0.29) is 10.8 Å². The van der Waals surface area contributed by atoms with Gasteiger partial charge in [-0.05, 0) is 92.7 Å². The molecule has 0 radical (unpaired) electrons. The van der Waals surface area contributed by atoms with Gasteiger partial charge in [0.25, 0.3) is 15.9 Å². The van der Waals surface area contributed by atoms with Crippen LogP contribution in [0, 0.1) is 0 Å². The molecule has 0 aliphatic carbocycles. The lowest BCUT2D eigenvalue weighted by molar-refractivity contribution is -0.110. The Kier molecular flexibility index (Phi) is 6.80. The number of aromatic nitrogens is 1. The summed E-state index contributed by atoms with van der Waals surface area (Å²) < 4.78 is 34.6. The van der Waals surface area contributed by atoms with E-state index in [4.69, 9.17) is 16.3 Å². The molecular weight excluding hydrogens is 536 g/mol. The number of aromatic amines is 1. The van der Waals surface area contributed by atoms with Gasteiger partial charge in [-0.2, -0.15) is 0 Å². The molecule has 0 unspecified atom stereocenters. The molecule has 3 aromatic carbocycles. The van der Waals surface area contributed by atoms with Crippen LogP contribution in [0.5, 0.6) is 5.75 Å². The third kappa shape index (κ3) is 5.52. The number of H-pyrrole nitrogens is 1. The summed E-state index contributed by atoms with van der Waals surface area (Å²) in [5, 5.41) is 4.19. The molecule has 3 heterocycles. The van der Waals surface area contributed by atoms with Crippen LogP contribution in [0.25, 0.3) is 22.6 Å². The Labute approximate surface area is 231 Å². The summed E-state index contributed by atoms with van der Waals surface area (Å²) in [5.41, 5.74) is 3.43. The Bertz CT molecular complexity index is 1710. The van der Waals surface area contributed by atoms with Crippen LogP contribution in [0.4, 0.5) is 11.4 Å². The number of anilines is 2. The normalized spacial score (nSPS) is 16.5. The summed E-state index contributed by atoms with van der Waals surface area (Å²) in [4.78, 5) is 18.6. The van der Waals surface area contributed by atoms with Crippen LogP contribution in [0.2, 0.25) is 5.02 Å². The number of rotatable bonds is 8. The monoisotopic (exact) mass is 562 g/mol. The van der Waals surface area contributed by atoms with Crippen molar-refractivity contribution in [1.82, 2.24) is 9.88 Å². The fraction of sp³-hybridized carbons (Fsp3) is 0.207. The van der Waals surface area contributed by atoms with E-state index in [1.807, 2.05) is 24.3 Å². The van der Waals surface area contributed by atoms with E-state index >= 15 is 0 Å². The van der Waals surface area contributed by atoms with Crippen molar-refractivity contribution >= 4 is 61.5 Å². The number of sulfonamides is 1. The molecule has 10 heteroatoms. The SMILES string of the molecule is O=C1Nc2ccc(S(=O)(=O)Nc3cccc(Cl)c3)cc2C1=Cc1cc2cc(OCCN3CCCC3)ccc2[nH]1. The zero-order chi connectivity index (χ0) is 27.0. The summed E-state index contributed by atoms with van der Waals surface area (Å²) in [7, 11) is -3.90. The minimum Gasteiger partial charge on any atom is -0.492 e. The molecule has 3 N–H and O–H groups in total. The summed E-state index contributed by atoms with van der Waals surface area (Å²) in [6, 6.07) is 18.8. The number of hydrogen-bond donors (Lipinski definition) is 3. The molecule has 200 valence electrons. The van der Waals surface area contributed by atoms with Crippen LogP contribution < -0.4 is 14.8 Å². The molecule has 2 aliphatic heterocycles. The van der Waals surface area contributed by atoms with E-state index in [0.29, 0.717) is 34.1 Å². The number of carbonyl (C=O) groups excluding carboxylic acids is 1. The van der Waals surface area contributed by atoms with Crippen LogP contribution >= 0.6 is 11.6 Å². The van der Waals surface area contributed by atoms with Gasteiger partial charge in [0.15, 0.2) is 0 Å². The number of likely N-dealkylation sites (tertiary alicyclic amines) is 1. The quantitative estimate of drug-likeness (QED) is 0.243. The maximum absolute atomic E-state index is 13.1. The second kappa shape index (κ2) is 10.4. The number of amides is 1. The van der Waals surface area contributed by atoms with Crippen LogP contribution in [0.15, 0.2) is 71.6 Å². The summed E-state index contributed by atoms with van der Waals surface area (Å²) in [6.07, 6.45) is 4.25. The molecule has 8 nitrogen and oxygen atoms in total. The first-order valence-electron chi connectivity index (χ1n) is 12.8. The highest BCUT2D eigenvalue weighted by Crippen LogP contribution is 2.36. The van der Waals surface area contributed by atoms with Gasteiger partial charge in [0.05, 0.1) is 16.2 Å². The Morgan fingerprint density at radius 3 is 2.69 bits per heavy atom. The topological polar surface area (TPSA) is 104 Å². The van der Waals surface area contributed by atoms with E-state index in [0.717, 1.165) is 42.0 Å². The zero-order valence-corrected chi connectivity index (χ0v) is 22.6. The smallest absolute Gasteiger partial charge is 0.261 e. The first kappa shape index (κ1) is 25.5. The number of halogens is 1. The van der Waals surface area contributed by atoms with Crippen LogP contribution in [-0.4, -0.2) is 50.5 Å². The van der Waals surface area contributed by atoms with Crippen LogP contribution in [0.3, 0.4) is 0 Å². The number of carbonyl (C=O) groups is 1. The number of fused-ring (bicyclic) bond motifs is 2. The minimum atomic E-state index is -3.90. The van der Waals surface area contributed by atoms with Crippen molar-refractivity contribution < 1.29 is 17.9 Å². The van der Waals surface area contributed by atoms with Gasteiger partial charge in [0.1, 0.15) is 12.4 Å². The lowest BCUT2D eigenvalue weighted by Gasteiger charge is -2.14. The van der Waals surface area contributed by atoms with E-state index in [9.17, 15) is 13.2 Å². The molecule has 39 heavy (non-hydrogen) atoms. The number of nitrogens with one attached hydrogen (secondary N) is 3. The molecule has 4 aromatic rings. The van der Waals surface area contributed by atoms with Gasteiger partial charge in [-0.25, -0.2) is 8.42 Å². The van der Waals surface area contributed by atoms with Gasteiger partial charge in [-0.3, -0.25) is 14.4 Å². The molecule has 0 saturated carbocycles. The minimum absolute atomic E-state index is 0.0380. The van der Waals surface area contributed by atoms with Crippen molar-refractivity contribution in [2.24, 2.45) is 0 Å². The third-order valence-electron chi connectivity index (χ3n) is 6.95. The first-order chi connectivity index (χ1) is 18.8. The van der Waals surface area contributed by atoms with Gasteiger partial charge in [0, 0.05) is 39.4 Å². The molecule has 0 atom stereocenters. The highest BCUT2D eigenvalue weighted by molar-refractivity contribution is 7.92. The lowest BCUT2D eigenvalue weighted by atomic mass is 10.1. The van der Waals surface area contributed by atoms with Gasteiger partial charge in [-0.1, -0.05) is 17.7 Å². The number of ether oxygens (including phenoxy) is 1. The second-order valence-electron chi connectivity index (χ2n) is 9.71. The molecule has 2 aliphatic rings. The number of hydrogen-bond acceptors (Lipinski definition) is 5. The standard InChI is InChI=1S/C29H27ClN4O4S/c30-20-4-3-5-21(16-20)33-39(36,37)24-7-9-28-25(18-24)26(29(35)32-28)17-22-14-19-15-23(6-8-27(19)31-22)38-13-12-34-10-1-2-11-34/h3-9,14-18,31,33H,1-2,10-13H2,(H,32,35). The van der Waals surface area contributed by atoms with Crippen molar-refractivity contribution in [3.63, 3.8) is 0 Å². The highest BCUT2D eigenvalue weighted by atomic mass is 35.5.